The van der Waals surface area contributed by atoms with Crippen LogP contribution >= 0.6 is 0 Å². The maximum atomic E-state index is 14.3. The number of imidazole rings is 1. The van der Waals surface area contributed by atoms with Crippen LogP contribution in [-0.2, 0) is 33.8 Å². The quantitative estimate of drug-likeness (QED) is 0.390. The van der Waals surface area contributed by atoms with E-state index in [1.54, 1.807) is 18.2 Å². The summed E-state index contributed by atoms with van der Waals surface area (Å²) in [6.07, 6.45) is 15.8. The highest BCUT2D eigenvalue weighted by atomic mass is 19.1. The van der Waals surface area contributed by atoms with Gasteiger partial charge in [0.25, 0.3) is 0 Å². The van der Waals surface area contributed by atoms with Gasteiger partial charge in [-0.15, -0.1) is 0 Å². The van der Waals surface area contributed by atoms with Gasteiger partial charge in [-0.1, -0.05) is 12.1 Å². The molecule has 43 heavy (non-hydrogen) atoms. The Kier molecular flexibility index (Phi) is 7.42. The number of fused-ring (bicyclic) bond motifs is 1. The molecule has 2 saturated carbocycles. The summed E-state index contributed by atoms with van der Waals surface area (Å²) < 4.78 is 28.5. The molecule has 2 aromatic rings. The number of aliphatic carboxylic acids is 1. The topological polar surface area (TPSA) is 110 Å². The van der Waals surface area contributed by atoms with E-state index >= 15 is 0 Å². The minimum atomic E-state index is -0.787. The Hall–Kier alpha value is -3.77. The molecule has 1 spiro atoms. The first-order valence-corrected chi connectivity index (χ1v) is 15.6. The van der Waals surface area contributed by atoms with Crippen molar-refractivity contribution in [3.8, 4) is 6.07 Å². The van der Waals surface area contributed by atoms with Gasteiger partial charge in [0.1, 0.15) is 18.2 Å². The fourth-order valence-corrected chi connectivity index (χ4v) is 7.64. The molecule has 3 unspecified atom stereocenters. The molecule has 0 bridgehead atoms. The number of aromatic nitrogens is 2. The zero-order chi connectivity index (χ0) is 29.6. The van der Waals surface area contributed by atoms with Crippen molar-refractivity contribution in [3.63, 3.8) is 0 Å². The second kappa shape index (κ2) is 11.4. The zero-order valence-corrected chi connectivity index (χ0v) is 24.3. The van der Waals surface area contributed by atoms with E-state index in [1.807, 2.05) is 18.2 Å². The molecule has 3 aliphatic carbocycles. The third-order valence-corrected chi connectivity index (χ3v) is 10.2. The first-order chi connectivity index (χ1) is 20.9. The van der Waals surface area contributed by atoms with E-state index in [1.165, 1.54) is 11.8 Å². The number of rotatable bonds is 8. The largest absolute Gasteiger partial charge is 0.481 e. The molecule has 5 aliphatic rings. The molecule has 224 valence electrons. The average molecular weight is 585 g/mol. The lowest BCUT2D eigenvalue weighted by Gasteiger charge is -2.31. The molecule has 0 radical (unpaired) electrons. The monoisotopic (exact) mass is 584 g/mol. The summed E-state index contributed by atoms with van der Waals surface area (Å²) in [5, 5.41) is 18.6. The van der Waals surface area contributed by atoms with E-state index in [0.29, 0.717) is 35.3 Å². The summed E-state index contributed by atoms with van der Waals surface area (Å²) in [5.74, 6) is 0.765. The predicted octanol–water partition coefficient (Wildman–Crippen LogP) is 6.30. The van der Waals surface area contributed by atoms with E-state index in [2.05, 4.69) is 4.57 Å². The number of benzene rings is 1. The van der Waals surface area contributed by atoms with Gasteiger partial charge in [-0.3, -0.25) is 4.79 Å². The minimum absolute atomic E-state index is 0.0839. The highest BCUT2D eigenvalue weighted by Gasteiger charge is 2.58. The second-order valence-electron chi connectivity index (χ2n) is 12.8. The van der Waals surface area contributed by atoms with E-state index in [9.17, 15) is 14.3 Å². The van der Waals surface area contributed by atoms with E-state index in [4.69, 9.17) is 24.7 Å². The lowest BCUT2D eigenvalue weighted by Crippen LogP contribution is -2.26. The smallest absolute Gasteiger partial charge is 0.310 e. The molecule has 2 aliphatic heterocycles. The Morgan fingerprint density at radius 3 is 2.88 bits per heavy atom. The number of hydrogen-bond donors (Lipinski definition) is 1. The molecular formula is C34H37FN4O4. The van der Waals surface area contributed by atoms with Crippen molar-refractivity contribution in [3.05, 3.63) is 70.4 Å². The normalized spacial score (nSPS) is 29.5. The van der Waals surface area contributed by atoms with Gasteiger partial charge < -0.3 is 19.1 Å². The summed E-state index contributed by atoms with van der Waals surface area (Å²) in [4.78, 5) is 21.8. The number of halogens is 1. The van der Waals surface area contributed by atoms with Crippen LogP contribution in [0.25, 0.3) is 6.08 Å². The number of carboxylic acid groups (broad SMARTS) is 1. The van der Waals surface area contributed by atoms with Crippen molar-refractivity contribution in [2.45, 2.75) is 89.4 Å². The maximum Gasteiger partial charge on any atom is 0.310 e. The van der Waals surface area contributed by atoms with Crippen LogP contribution in [-0.4, -0.2) is 39.0 Å². The number of carboxylic acids is 1. The van der Waals surface area contributed by atoms with Gasteiger partial charge in [-0.25, -0.2) is 14.4 Å². The molecule has 1 saturated heterocycles. The summed E-state index contributed by atoms with van der Waals surface area (Å²) >= 11 is 0. The van der Waals surface area contributed by atoms with Crippen LogP contribution in [0.5, 0.6) is 0 Å². The maximum absolute atomic E-state index is 14.3. The summed E-state index contributed by atoms with van der Waals surface area (Å²) in [7, 11) is 0. The van der Waals surface area contributed by atoms with E-state index < -0.39 is 17.7 Å². The Labute approximate surface area is 250 Å². The molecule has 3 heterocycles. The molecule has 3 atom stereocenters. The van der Waals surface area contributed by atoms with Gasteiger partial charge in [-0.05, 0) is 93.4 Å². The molecule has 9 heteroatoms. The van der Waals surface area contributed by atoms with Crippen molar-refractivity contribution in [1.82, 2.24) is 9.55 Å². The number of aliphatic imine (C=N–C) groups is 1. The molecule has 0 amide bonds. The molecule has 1 N–H and O–H groups in total. The van der Waals surface area contributed by atoms with E-state index in [-0.39, 0.29) is 18.1 Å². The molecule has 1 aromatic heterocycles. The molecule has 1 aromatic carbocycles. The van der Waals surface area contributed by atoms with Crippen LogP contribution in [0.15, 0.2) is 41.2 Å². The van der Waals surface area contributed by atoms with Gasteiger partial charge in [0.2, 0.25) is 5.88 Å². The average Bonchev–Trinajstić information content (AvgIpc) is 3.32. The van der Waals surface area contributed by atoms with Gasteiger partial charge in [0.15, 0.2) is 0 Å². The van der Waals surface area contributed by atoms with Crippen LogP contribution in [0.1, 0.15) is 92.0 Å². The number of hydrogen-bond acceptors (Lipinski definition) is 6. The summed E-state index contributed by atoms with van der Waals surface area (Å²) in [6, 6.07) is 6.38. The van der Waals surface area contributed by atoms with Crippen LogP contribution in [0.4, 0.5) is 4.39 Å². The summed E-state index contributed by atoms with van der Waals surface area (Å²) in [5.41, 5.74) is 4.12. The third-order valence-electron chi connectivity index (χ3n) is 10.2. The van der Waals surface area contributed by atoms with Crippen LogP contribution in [0.2, 0.25) is 0 Å². The van der Waals surface area contributed by atoms with Crippen molar-refractivity contribution in [1.29, 1.82) is 5.26 Å². The lowest BCUT2D eigenvalue weighted by atomic mass is 9.75. The minimum Gasteiger partial charge on any atom is -0.481 e. The first kappa shape index (κ1) is 28.0. The fourth-order valence-electron chi connectivity index (χ4n) is 7.64. The summed E-state index contributed by atoms with van der Waals surface area (Å²) in [6.45, 7) is 1.63. The molecule has 8 nitrogen and oxygen atoms in total. The highest BCUT2D eigenvalue weighted by Crippen LogP contribution is 2.67. The second-order valence-corrected chi connectivity index (χ2v) is 12.8. The van der Waals surface area contributed by atoms with Gasteiger partial charge in [-0.2, -0.15) is 5.26 Å². The standard InChI is InChI=1S/C34H37FN4O4/c35-27-15-21(18-36)6-7-24(27)20-43-31-5-1-4-28(37-31)22-10-12-34(13-11-22)17-26(34)32-38-29-9-8-23(33(40)41)16-30(29)39(32)19-25-3-2-14-42-25/h5-9,15,22-23,25-26H,1-4,10-14,16-17,19-20H2,(H,40,41). The van der Waals surface area contributed by atoms with E-state index in [0.717, 1.165) is 88.2 Å². The van der Waals surface area contributed by atoms with Gasteiger partial charge >= 0.3 is 5.97 Å². The molecular weight excluding hydrogens is 547 g/mol. The third kappa shape index (κ3) is 5.53. The molecule has 3 fully saturated rings. The number of ether oxygens (including phenoxy) is 2. The Morgan fingerprint density at radius 2 is 2.14 bits per heavy atom. The van der Waals surface area contributed by atoms with Gasteiger partial charge in [0, 0.05) is 35.9 Å². The zero-order valence-electron chi connectivity index (χ0n) is 24.3. The van der Waals surface area contributed by atoms with Gasteiger partial charge in [0.05, 0.1) is 35.9 Å². The number of nitriles is 1. The lowest BCUT2D eigenvalue weighted by molar-refractivity contribution is -0.140. The van der Waals surface area contributed by atoms with Crippen LogP contribution < -0.4 is 0 Å². The Balaban J connectivity index is 1.01. The number of allylic oxidation sites excluding steroid dienone is 1. The van der Waals surface area contributed by atoms with Crippen LogP contribution in [0, 0.1) is 34.4 Å². The fraction of sp³-hybridized carbons (Fsp3) is 0.529. The van der Waals surface area contributed by atoms with Crippen molar-refractivity contribution >= 4 is 17.8 Å². The number of nitrogens with zero attached hydrogens (tertiary/aromatic N) is 4. The molecule has 7 rings (SSSR count). The van der Waals surface area contributed by atoms with Crippen molar-refractivity contribution < 1.29 is 23.8 Å². The highest BCUT2D eigenvalue weighted by molar-refractivity contribution is 5.88. The van der Waals surface area contributed by atoms with Crippen LogP contribution in [0.3, 0.4) is 0 Å². The SMILES string of the molecule is N#Cc1ccc(COC2=CCCC(C3CCC4(CC3)CC4c3nc4c(n3CC3CCCO3)CC(C(=O)O)C=C4)=N2)c(F)c1. The number of carbonyl (C=O) groups is 1. The Morgan fingerprint density at radius 1 is 1.28 bits per heavy atom. The van der Waals surface area contributed by atoms with Crippen molar-refractivity contribution in [2.75, 3.05) is 6.61 Å². The van der Waals surface area contributed by atoms with Crippen molar-refractivity contribution in [2.24, 2.45) is 22.2 Å². The first-order valence-electron chi connectivity index (χ1n) is 15.6. The predicted molar refractivity (Wildman–Crippen MR) is 157 cm³/mol. The Bertz CT molecular complexity index is 1550.